The Morgan fingerprint density at radius 1 is 1.33 bits per heavy atom. The predicted molar refractivity (Wildman–Crippen MR) is 84.7 cm³/mol. The number of carbonyl (C=O) groups excluding carboxylic acids is 2. The van der Waals surface area contributed by atoms with Crippen molar-refractivity contribution in [1.29, 1.82) is 0 Å². The van der Waals surface area contributed by atoms with Crippen LogP contribution in [0.4, 0.5) is 4.39 Å². The van der Waals surface area contributed by atoms with Gasteiger partial charge >= 0.3 is 0 Å². The topological polar surface area (TPSA) is 93.4 Å². The molecule has 1 aromatic heterocycles. The lowest BCUT2D eigenvalue weighted by atomic mass is 9.97. The molecule has 0 aliphatic carbocycles. The van der Waals surface area contributed by atoms with E-state index in [2.05, 4.69) is 20.6 Å². The molecule has 3 atom stereocenters. The van der Waals surface area contributed by atoms with Gasteiger partial charge in [-0.25, -0.2) is 9.37 Å². The van der Waals surface area contributed by atoms with Crippen LogP contribution in [0.3, 0.4) is 0 Å². The highest BCUT2D eigenvalue weighted by Gasteiger charge is 2.40. The molecule has 3 heterocycles. The molecule has 0 spiro atoms. The average molecular weight is 338 g/mol. The fourth-order valence-electron chi connectivity index (χ4n) is 3.14. The van der Waals surface area contributed by atoms with E-state index in [0.717, 1.165) is 0 Å². The second-order valence-corrected chi connectivity index (χ2v) is 6.54. The Hall–Kier alpha value is -2.00. The first-order valence-electron chi connectivity index (χ1n) is 8.19. The number of aromatic nitrogens is 2. The van der Waals surface area contributed by atoms with E-state index in [1.54, 1.807) is 4.90 Å². The highest BCUT2D eigenvalue weighted by molar-refractivity contribution is 5.92. The molecular formula is C15H23FN6O2. The van der Waals surface area contributed by atoms with Crippen molar-refractivity contribution in [2.24, 2.45) is 5.92 Å². The molecule has 3 unspecified atom stereocenters. The minimum Gasteiger partial charge on any atom is -0.341 e. The second-order valence-electron chi connectivity index (χ2n) is 6.54. The van der Waals surface area contributed by atoms with Gasteiger partial charge < -0.3 is 15.2 Å². The normalized spacial score (nSPS) is 28.9. The van der Waals surface area contributed by atoms with E-state index in [4.69, 9.17) is 0 Å². The molecule has 3 N–H and O–H groups in total. The van der Waals surface area contributed by atoms with Crippen LogP contribution in [-0.4, -0.2) is 76.3 Å². The minimum atomic E-state index is -1.54. The molecular weight excluding hydrogens is 315 g/mol. The average Bonchev–Trinajstić information content (AvgIpc) is 3.11. The summed E-state index contributed by atoms with van der Waals surface area (Å²) in [7, 11) is 0. The molecule has 3 rings (SSSR count). The van der Waals surface area contributed by atoms with Crippen LogP contribution in [0.2, 0.25) is 0 Å². The summed E-state index contributed by atoms with van der Waals surface area (Å²) in [6.07, 6.45) is 1.04. The van der Waals surface area contributed by atoms with E-state index in [-0.39, 0.29) is 11.8 Å². The van der Waals surface area contributed by atoms with Crippen LogP contribution in [0.25, 0.3) is 0 Å². The Balaban J connectivity index is 1.58. The summed E-state index contributed by atoms with van der Waals surface area (Å²) >= 11 is 0. The lowest BCUT2D eigenvalue weighted by Gasteiger charge is -2.44. The Kier molecular flexibility index (Phi) is 4.81. The summed E-state index contributed by atoms with van der Waals surface area (Å²) in [6, 6.07) is -0.506. The highest BCUT2D eigenvalue weighted by atomic mass is 19.1. The van der Waals surface area contributed by atoms with E-state index in [1.165, 1.54) is 12.5 Å². The fourth-order valence-corrected chi connectivity index (χ4v) is 3.14. The molecule has 9 heteroatoms. The lowest BCUT2D eigenvalue weighted by molar-refractivity contribution is -0.135. The maximum Gasteiger partial charge on any atom is 0.272 e. The fraction of sp³-hybridized carbons (Fsp3) is 0.667. The first kappa shape index (κ1) is 16.8. The van der Waals surface area contributed by atoms with Crippen LogP contribution >= 0.6 is 0 Å². The highest BCUT2D eigenvalue weighted by Crippen LogP contribution is 2.17. The third-order valence-electron chi connectivity index (χ3n) is 4.61. The standard InChI is InChI=1S/C15H23FN6O2/c1-9(2)12-11(16)13(23)20-15(19-12)22-5-3-21(4-6-22)14(24)10-7-17-8-18-10/h7-9,11-12,15,19H,3-6H2,1-2H3,(H,17,18)(H,20,23). The third-order valence-corrected chi connectivity index (χ3v) is 4.61. The molecule has 2 aliphatic heterocycles. The number of nitrogens with zero attached hydrogens (tertiary/aromatic N) is 3. The second kappa shape index (κ2) is 6.86. The summed E-state index contributed by atoms with van der Waals surface area (Å²) in [4.78, 5) is 34.6. The van der Waals surface area contributed by atoms with Gasteiger partial charge in [0.15, 0.2) is 6.17 Å². The minimum absolute atomic E-state index is 0.0109. The smallest absolute Gasteiger partial charge is 0.272 e. The van der Waals surface area contributed by atoms with E-state index >= 15 is 0 Å². The zero-order valence-corrected chi connectivity index (χ0v) is 13.8. The van der Waals surface area contributed by atoms with Gasteiger partial charge in [0, 0.05) is 26.2 Å². The molecule has 0 bridgehead atoms. The first-order valence-corrected chi connectivity index (χ1v) is 8.19. The van der Waals surface area contributed by atoms with Crippen molar-refractivity contribution in [2.75, 3.05) is 26.2 Å². The van der Waals surface area contributed by atoms with Crippen molar-refractivity contribution in [3.05, 3.63) is 18.2 Å². The van der Waals surface area contributed by atoms with Gasteiger partial charge in [0.1, 0.15) is 12.0 Å². The van der Waals surface area contributed by atoms with Gasteiger partial charge in [-0.1, -0.05) is 13.8 Å². The molecule has 2 amide bonds. The molecule has 0 radical (unpaired) electrons. The summed E-state index contributed by atoms with van der Waals surface area (Å²) in [5, 5.41) is 5.85. The number of aromatic amines is 1. The molecule has 0 aromatic carbocycles. The SMILES string of the molecule is CC(C)C1NC(N2CCN(C(=O)c3cnc[nH]3)CC2)NC(=O)C1F. The van der Waals surface area contributed by atoms with Gasteiger partial charge in [0.25, 0.3) is 11.8 Å². The van der Waals surface area contributed by atoms with Crippen molar-refractivity contribution in [3.8, 4) is 0 Å². The van der Waals surface area contributed by atoms with Gasteiger partial charge in [-0.2, -0.15) is 0 Å². The molecule has 2 fully saturated rings. The third kappa shape index (κ3) is 3.27. The number of piperazine rings is 1. The molecule has 132 valence electrons. The van der Waals surface area contributed by atoms with Crippen molar-refractivity contribution in [2.45, 2.75) is 32.4 Å². The van der Waals surface area contributed by atoms with Crippen molar-refractivity contribution in [3.63, 3.8) is 0 Å². The summed E-state index contributed by atoms with van der Waals surface area (Å²) in [5.41, 5.74) is 0.465. The van der Waals surface area contributed by atoms with Crippen LogP contribution in [-0.2, 0) is 4.79 Å². The first-order chi connectivity index (χ1) is 11.5. The van der Waals surface area contributed by atoms with Crippen LogP contribution in [0.5, 0.6) is 0 Å². The summed E-state index contributed by atoms with van der Waals surface area (Å²) in [6.45, 7) is 6.05. The molecule has 1 aromatic rings. The van der Waals surface area contributed by atoms with Crippen LogP contribution in [0, 0.1) is 5.92 Å². The number of carbonyl (C=O) groups is 2. The van der Waals surface area contributed by atoms with E-state index in [1.807, 2.05) is 18.7 Å². The Bertz CT molecular complexity index is 585. The van der Waals surface area contributed by atoms with Gasteiger partial charge in [-0.15, -0.1) is 0 Å². The van der Waals surface area contributed by atoms with E-state index in [0.29, 0.717) is 31.9 Å². The van der Waals surface area contributed by atoms with E-state index < -0.39 is 24.4 Å². The van der Waals surface area contributed by atoms with Crippen LogP contribution in [0.1, 0.15) is 24.3 Å². The zero-order valence-electron chi connectivity index (χ0n) is 13.8. The Morgan fingerprint density at radius 3 is 2.62 bits per heavy atom. The number of amides is 2. The summed E-state index contributed by atoms with van der Waals surface area (Å²) < 4.78 is 14.0. The Labute approximate surface area is 139 Å². The number of alkyl halides is 1. The monoisotopic (exact) mass is 338 g/mol. The van der Waals surface area contributed by atoms with Crippen molar-refractivity contribution < 1.29 is 14.0 Å². The van der Waals surface area contributed by atoms with Gasteiger partial charge in [0.2, 0.25) is 0 Å². The Morgan fingerprint density at radius 2 is 2.04 bits per heavy atom. The zero-order chi connectivity index (χ0) is 17.3. The lowest BCUT2D eigenvalue weighted by Crippen LogP contribution is -2.71. The molecule has 0 saturated carbocycles. The largest absolute Gasteiger partial charge is 0.341 e. The molecule has 2 saturated heterocycles. The maximum absolute atomic E-state index is 14.0. The van der Waals surface area contributed by atoms with E-state index in [9.17, 15) is 14.0 Å². The quantitative estimate of drug-likeness (QED) is 0.693. The number of imidazole rings is 1. The number of rotatable bonds is 3. The van der Waals surface area contributed by atoms with Crippen molar-refractivity contribution >= 4 is 11.8 Å². The van der Waals surface area contributed by atoms with Gasteiger partial charge in [-0.05, 0) is 5.92 Å². The van der Waals surface area contributed by atoms with Crippen LogP contribution in [0.15, 0.2) is 12.5 Å². The predicted octanol–water partition coefficient (Wildman–Crippen LogP) is -0.467. The van der Waals surface area contributed by atoms with Crippen molar-refractivity contribution in [1.82, 2.24) is 30.4 Å². The number of H-pyrrole nitrogens is 1. The number of halogens is 1. The number of hydrogen-bond donors (Lipinski definition) is 3. The molecule has 2 aliphatic rings. The van der Waals surface area contributed by atoms with Crippen LogP contribution < -0.4 is 10.6 Å². The number of nitrogens with one attached hydrogen (secondary N) is 3. The van der Waals surface area contributed by atoms with Gasteiger partial charge in [-0.3, -0.25) is 19.8 Å². The summed E-state index contributed by atoms with van der Waals surface area (Å²) in [5.74, 6) is -0.651. The maximum atomic E-state index is 14.0. The molecule has 8 nitrogen and oxygen atoms in total. The number of hydrogen-bond acceptors (Lipinski definition) is 5. The molecule has 24 heavy (non-hydrogen) atoms. The van der Waals surface area contributed by atoms with Gasteiger partial charge in [0.05, 0.1) is 18.6 Å².